The number of rotatable bonds is 6. The summed E-state index contributed by atoms with van der Waals surface area (Å²) in [5.41, 5.74) is 1.11. The zero-order valence-electron chi connectivity index (χ0n) is 13.3. The third kappa shape index (κ3) is 3.49. The number of carbonyl (C=O) groups excluding carboxylic acids is 1. The summed E-state index contributed by atoms with van der Waals surface area (Å²) in [6.07, 6.45) is 3.09. The van der Waals surface area contributed by atoms with Crippen molar-refractivity contribution in [2.24, 2.45) is 0 Å². The first-order valence-corrected chi connectivity index (χ1v) is 7.41. The Hall–Kier alpha value is -2.44. The number of hydrogen-bond donors (Lipinski definition) is 1. The van der Waals surface area contributed by atoms with Gasteiger partial charge in [-0.15, -0.1) is 0 Å². The minimum absolute atomic E-state index is 0.0243. The number of nitrogens with zero attached hydrogens (tertiary/aromatic N) is 2. The lowest BCUT2D eigenvalue weighted by molar-refractivity contribution is -0.115. The number of carbonyl (C=O) groups is 1. The first kappa shape index (κ1) is 16.9. The number of anilines is 1. The fourth-order valence-corrected chi connectivity index (χ4v) is 2.24. The Balaban J connectivity index is 2.51. The zero-order chi connectivity index (χ0) is 17.0. The van der Waals surface area contributed by atoms with E-state index >= 15 is 0 Å². The minimum atomic E-state index is -0.680. The van der Waals surface area contributed by atoms with Crippen LogP contribution < -0.4 is 10.1 Å². The Kier molecular flexibility index (Phi) is 5.31. The maximum Gasteiger partial charge on any atom is 0.224 e. The second-order valence-corrected chi connectivity index (χ2v) is 5.01. The number of halogens is 2. The van der Waals surface area contributed by atoms with Crippen LogP contribution in [0.2, 0.25) is 0 Å². The smallest absolute Gasteiger partial charge is 0.224 e. The average Bonchev–Trinajstić information content (AvgIpc) is 2.92. The monoisotopic (exact) mass is 323 g/mol. The zero-order valence-corrected chi connectivity index (χ0v) is 13.3. The molecule has 2 rings (SSSR count). The van der Waals surface area contributed by atoms with Crippen molar-refractivity contribution in [3.63, 3.8) is 0 Å². The highest BCUT2D eigenvalue weighted by Gasteiger charge is 2.18. The molecule has 1 N–H and O–H groups in total. The molecule has 0 saturated heterocycles. The van der Waals surface area contributed by atoms with Crippen molar-refractivity contribution < 1.29 is 18.3 Å². The van der Waals surface area contributed by atoms with Gasteiger partial charge in [-0.25, -0.2) is 13.5 Å². The molecule has 1 aromatic heterocycles. The normalized spacial score (nSPS) is 10.7. The summed E-state index contributed by atoms with van der Waals surface area (Å²) in [6.45, 7) is 3.69. The highest BCUT2D eigenvalue weighted by atomic mass is 19.1. The van der Waals surface area contributed by atoms with Crippen LogP contribution in [0.3, 0.4) is 0 Å². The van der Waals surface area contributed by atoms with Gasteiger partial charge in [0.1, 0.15) is 5.69 Å². The fourth-order valence-electron chi connectivity index (χ4n) is 2.24. The van der Waals surface area contributed by atoms with Crippen molar-refractivity contribution in [2.45, 2.75) is 33.1 Å². The molecule has 0 radical (unpaired) electrons. The summed E-state index contributed by atoms with van der Waals surface area (Å²) in [4.78, 5) is 11.6. The van der Waals surface area contributed by atoms with Crippen LogP contribution in [0.25, 0.3) is 5.69 Å². The van der Waals surface area contributed by atoms with E-state index in [1.807, 2.05) is 6.92 Å². The van der Waals surface area contributed by atoms with Gasteiger partial charge in [-0.1, -0.05) is 20.3 Å². The van der Waals surface area contributed by atoms with Gasteiger partial charge in [0, 0.05) is 18.6 Å². The Morgan fingerprint density at radius 2 is 2.04 bits per heavy atom. The van der Waals surface area contributed by atoms with E-state index in [0.717, 1.165) is 18.6 Å². The van der Waals surface area contributed by atoms with Crippen LogP contribution >= 0.6 is 0 Å². The average molecular weight is 323 g/mol. The molecule has 23 heavy (non-hydrogen) atoms. The van der Waals surface area contributed by atoms with E-state index in [2.05, 4.69) is 10.4 Å². The maximum atomic E-state index is 14.3. The minimum Gasteiger partial charge on any atom is -0.494 e. The van der Waals surface area contributed by atoms with Gasteiger partial charge in [0.25, 0.3) is 0 Å². The number of ether oxygens (including phenoxy) is 1. The molecular weight excluding hydrogens is 304 g/mol. The highest BCUT2D eigenvalue weighted by Crippen LogP contribution is 2.27. The predicted octanol–water partition coefficient (Wildman–Crippen LogP) is 3.46. The summed E-state index contributed by atoms with van der Waals surface area (Å²) in [5, 5.41) is 6.83. The van der Waals surface area contributed by atoms with Crippen molar-refractivity contribution in [2.75, 3.05) is 12.4 Å². The van der Waals surface area contributed by atoms with Crippen LogP contribution in [0.4, 0.5) is 14.5 Å². The molecule has 0 spiro atoms. The summed E-state index contributed by atoms with van der Waals surface area (Å²) >= 11 is 0. The molecule has 7 heteroatoms. The molecule has 0 bridgehead atoms. The number of hydrogen-bond acceptors (Lipinski definition) is 3. The molecule has 0 aliphatic heterocycles. The Labute approximate surface area is 133 Å². The lowest BCUT2D eigenvalue weighted by Gasteiger charge is -2.12. The van der Waals surface area contributed by atoms with Crippen molar-refractivity contribution in [1.29, 1.82) is 0 Å². The highest BCUT2D eigenvalue weighted by molar-refractivity contribution is 5.91. The summed E-state index contributed by atoms with van der Waals surface area (Å²) in [6, 6.07) is 2.01. The first-order chi connectivity index (χ1) is 11.0. The molecule has 0 atom stereocenters. The maximum absolute atomic E-state index is 14.3. The van der Waals surface area contributed by atoms with Gasteiger partial charge >= 0.3 is 0 Å². The molecule has 1 aromatic carbocycles. The van der Waals surface area contributed by atoms with E-state index in [1.54, 1.807) is 6.92 Å². The Morgan fingerprint density at radius 1 is 1.30 bits per heavy atom. The number of amides is 1. The second-order valence-electron chi connectivity index (χ2n) is 5.01. The fraction of sp³-hybridized carbons (Fsp3) is 0.375. The van der Waals surface area contributed by atoms with Gasteiger partial charge < -0.3 is 10.1 Å². The Morgan fingerprint density at radius 3 is 2.65 bits per heavy atom. The van der Waals surface area contributed by atoms with Crippen molar-refractivity contribution in [3.8, 4) is 11.4 Å². The molecule has 0 fully saturated rings. The van der Waals surface area contributed by atoms with E-state index in [-0.39, 0.29) is 17.3 Å². The number of methoxy groups -OCH3 is 1. The van der Waals surface area contributed by atoms with Crippen molar-refractivity contribution in [3.05, 3.63) is 35.7 Å². The topological polar surface area (TPSA) is 56.2 Å². The molecule has 0 aliphatic rings. The molecule has 0 unspecified atom stereocenters. The molecule has 0 aliphatic carbocycles. The summed E-state index contributed by atoms with van der Waals surface area (Å²) < 4.78 is 34.2. The largest absolute Gasteiger partial charge is 0.494 e. The standard InChI is InChI=1S/C16H19F2N3O2/c1-4-6-13-12(20-16(22)5-2)9-19-21(13)14-7-11(18)15(23-3)8-10(14)17/h7-9H,4-6H2,1-3H3,(H,20,22). The Bertz CT molecular complexity index is 714. The van der Waals surface area contributed by atoms with Gasteiger partial charge in [0.05, 0.1) is 24.7 Å². The van der Waals surface area contributed by atoms with Crippen LogP contribution in [-0.4, -0.2) is 22.8 Å². The van der Waals surface area contributed by atoms with Gasteiger partial charge in [-0.2, -0.15) is 5.10 Å². The second kappa shape index (κ2) is 7.21. The third-order valence-corrected chi connectivity index (χ3v) is 3.40. The van der Waals surface area contributed by atoms with Crippen LogP contribution in [-0.2, 0) is 11.2 Å². The van der Waals surface area contributed by atoms with Crippen LogP contribution in [0, 0.1) is 11.6 Å². The SMILES string of the molecule is CCCc1c(NC(=O)CC)cnn1-c1cc(F)c(OC)cc1F. The molecule has 124 valence electrons. The van der Waals surface area contributed by atoms with Crippen molar-refractivity contribution in [1.82, 2.24) is 9.78 Å². The summed E-state index contributed by atoms with van der Waals surface area (Å²) in [5.74, 6) is -1.67. The van der Waals surface area contributed by atoms with Gasteiger partial charge in [-0.05, 0) is 6.42 Å². The van der Waals surface area contributed by atoms with E-state index in [1.165, 1.54) is 18.0 Å². The van der Waals surface area contributed by atoms with Gasteiger partial charge in [0.2, 0.25) is 5.91 Å². The molecule has 0 saturated carbocycles. The van der Waals surface area contributed by atoms with Crippen LogP contribution in [0.1, 0.15) is 32.4 Å². The van der Waals surface area contributed by atoms with Crippen LogP contribution in [0.15, 0.2) is 18.3 Å². The predicted molar refractivity (Wildman–Crippen MR) is 82.9 cm³/mol. The quantitative estimate of drug-likeness (QED) is 0.886. The molecular formula is C16H19F2N3O2. The number of aromatic nitrogens is 2. The lowest BCUT2D eigenvalue weighted by atomic mass is 10.2. The van der Waals surface area contributed by atoms with Gasteiger partial charge in [-0.3, -0.25) is 4.79 Å². The number of benzene rings is 1. The number of nitrogens with one attached hydrogen (secondary N) is 1. The van der Waals surface area contributed by atoms with Gasteiger partial charge in [0.15, 0.2) is 17.4 Å². The van der Waals surface area contributed by atoms with Crippen molar-refractivity contribution >= 4 is 11.6 Å². The van der Waals surface area contributed by atoms with Crippen LogP contribution in [0.5, 0.6) is 5.75 Å². The van der Waals surface area contributed by atoms with E-state index in [9.17, 15) is 13.6 Å². The van der Waals surface area contributed by atoms with E-state index < -0.39 is 11.6 Å². The molecule has 2 aromatic rings. The summed E-state index contributed by atoms with van der Waals surface area (Å²) in [7, 11) is 1.27. The van der Waals surface area contributed by atoms with E-state index in [0.29, 0.717) is 24.2 Å². The molecule has 1 heterocycles. The first-order valence-electron chi connectivity index (χ1n) is 7.41. The van der Waals surface area contributed by atoms with E-state index in [4.69, 9.17) is 4.74 Å². The molecule has 1 amide bonds. The molecule has 5 nitrogen and oxygen atoms in total. The third-order valence-electron chi connectivity index (χ3n) is 3.40. The lowest BCUT2D eigenvalue weighted by Crippen LogP contribution is -2.12.